The van der Waals surface area contributed by atoms with Crippen LogP contribution in [0.15, 0.2) is 0 Å². The molecule has 0 aromatic carbocycles. The quantitative estimate of drug-likeness (QED) is 0.567. The van der Waals surface area contributed by atoms with Crippen molar-refractivity contribution in [2.24, 2.45) is 11.3 Å². The van der Waals surface area contributed by atoms with Gasteiger partial charge in [-0.25, -0.2) is 0 Å². The molecule has 0 aliphatic carbocycles. The van der Waals surface area contributed by atoms with Crippen molar-refractivity contribution in [1.29, 1.82) is 0 Å². The van der Waals surface area contributed by atoms with Crippen LogP contribution < -0.4 is 0 Å². The summed E-state index contributed by atoms with van der Waals surface area (Å²) < 4.78 is 10.9. The molecule has 0 aliphatic rings. The fourth-order valence-electron chi connectivity index (χ4n) is 2.56. The summed E-state index contributed by atoms with van der Waals surface area (Å²) in [4.78, 5) is 0. The minimum Gasteiger partial charge on any atom is -0.384 e. The topological polar surface area (TPSA) is 18.5 Å². The van der Waals surface area contributed by atoms with Crippen LogP contribution in [0.2, 0.25) is 0 Å². The van der Waals surface area contributed by atoms with Crippen LogP contribution in [0.4, 0.5) is 0 Å². The zero-order chi connectivity index (χ0) is 12.4. The van der Waals surface area contributed by atoms with Gasteiger partial charge in [-0.15, -0.1) is 0 Å². The van der Waals surface area contributed by atoms with Gasteiger partial charge in [0.2, 0.25) is 0 Å². The summed E-state index contributed by atoms with van der Waals surface area (Å²) in [6, 6.07) is 0. The molecule has 16 heavy (non-hydrogen) atoms. The Kier molecular flexibility index (Phi) is 8.96. The Morgan fingerprint density at radius 2 is 1.56 bits per heavy atom. The van der Waals surface area contributed by atoms with Crippen molar-refractivity contribution in [1.82, 2.24) is 0 Å². The number of unbranched alkanes of at least 4 members (excludes halogenated alkanes) is 1. The van der Waals surface area contributed by atoms with Gasteiger partial charge >= 0.3 is 0 Å². The Bertz CT molecular complexity index is 151. The molecule has 0 fully saturated rings. The summed E-state index contributed by atoms with van der Waals surface area (Å²) >= 11 is 0. The van der Waals surface area contributed by atoms with Gasteiger partial charge in [0.1, 0.15) is 0 Å². The van der Waals surface area contributed by atoms with Crippen LogP contribution in [0.3, 0.4) is 0 Å². The molecule has 0 radical (unpaired) electrons. The molecule has 0 bridgehead atoms. The van der Waals surface area contributed by atoms with Crippen molar-refractivity contribution < 1.29 is 9.47 Å². The van der Waals surface area contributed by atoms with Crippen LogP contribution in [0, 0.1) is 11.3 Å². The first-order valence-corrected chi connectivity index (χ1v) is 6.64. The molecule has 0 heterocycles. The normalized spacial score (nSPS) is 14.1. The Hall–Kier alpha value is -0.0800. The van der Waals surface area contributed by atoms with Crippen LogP contribution >= 0.6 is 0 Å². The van der Waals surface area contributed by atoms with Gasteiger partial charge < -0.3 is 9.47 Å². The first kappa shape index (κ1) is 15.9. The third-order valence-corrected chi connectivity index (χ3v) is 3.66. The minimum atomic E-state index is 0.218. The second-order valence-corrected chi connectivity index (χ2v) is 5.02. The largest absolute Gasteiger partial charge is 0.384 e. The van der Waals surface area contributed by atoms with Gasteiger partial charge in [-0.1, -0.05) is 46.5 Å². The zero-order valence-electron chi connectivity index (χ0n) is 11.8. The van der Waals surface area contributed by atoms with E-state index in [1.54, 1.807) is 14.2 Å². The lowest BCUT2D eigenvalue weighted by atomic mass is 9.72. The zero-order valence-corrected chi connectivity index (χ0v) is 11.8. The monoisotopic (exact) mass is 230 g/mol. The maximum atomic E-state index is 5.44. The molecule has 0 aromatic heterocycles. The van der Waals surface area contributed by atoms with E-state index in [0.717, 1.165) is 13.2 Å². The lowest BCUT2D eigenvalue weighted by Gasteiger charge is -2.38. The molecule has 0 aliphatic heterocycles. The predicted octanol–water partition coefficient (Wildman–Crippen LogP) is 3.89. The first-order valence-electron chi connectivity index (χ1n) is 6.64. The summed E-state index contributed by atoms with van der Waals surface area (Å²) in [6.07, 6.45) is 6.22. The molecule has 0 N–H and O–H groups in total. The number of hydrogen-bond acceptors (Lipinski definition) is 2. The summed E-state index contributed by atoms with van der Waals surface area (Å²) in [7, 11) is 3.60. The molecule has 98 valence electrons. The molecule has 1 atom stereocenters. The van der Waals surface area contributed by atoms with Crippen molar-refractivity contribution >= 4 is 0 Å². The predicted molar refractivity (Wildman–Crippen MR) is 69.8 cm³/mol. The van der Waals surface area contributed by atoms with E-state index in [0.29, 0.717) is 5.92 Å². The van der Waals surface area contributed by atoms with E-state index >= 15 is 0 Å². The molecule has 2 heteroatoms. The van der Waals surface area contributed by atoms with Crippen LogP contribution in [0.1, 0.15) is 52.9 Å². The second-order valence-electron chi connectivity index (χ2n) is 5.02. The molecular weight excluding hydrogens is 200 g/mol. The third kappa shape index (κ3) is 4.84. The Morgan fingerprint density at radius 3 is 1.94 bits per heavy atom. The number of rotatable bonds is 10. The van der Waals surface area contributed by atoms with E-state index in [1.165, 1.54) is 32.1 Å². The highest BCUT2D eigenvalue weighted by atomic mass is 16.5. The van der Waals surface area contributed by atoms with Crippen LogP contribution in [-0.2, 0) is 9.47 Å². The van der Waals surface area contributed by atoms with E-state index in [4.69, 9.17) is 9.47 Å². The average molecular weight is 230 g/mol. The minimum absolute atomic E-state index is 0.218. The van der Waals surface area contributed by atoms with Crippen LogP contribution in [0.5, 0.6) is 0 Å². The molecule has 0 rings (SSSR count). The van der Waals surface area contributed by atoms with Gasteiger partial charge in [-0.05, 0) is 12.3 Å². The van der Waals surface area contributed by atoms with Gasteiger partial charge in [-0.2, -0.15) is 0 Å². The maximum absolute atomic E-state index is 5.44. The van der Waals surface area contributed by atoms with Crippen LogP contribution in [0.25, 0.3) is 0 Å². The van der Waals surface area contributed by atoms with E-state index in [-0.39, 0.29) is 5.41 Å². The van der Waals surface area contributed by atoms with Gasteiger partial charge in [0.15, 0.2) is 0 Å². The van der Waals surface area contributed by atoms with Crippen LogP contribution in [-0.4, -0.2) is 27.4 Å². The number of ether oxygens (including phenoxy) is 2. The fourth-order valence-corrected chi connectivity index (χ4v) is 2.56. The summed E-state index contributed by atoms with van der Waals surface area (Å²) in [5.74, 6) is 0.670. The molecule has 0 saturated heterocycles. The summed E-state index contributed by atoms with van der Waals surface area (Å²) in [6.45, 7) is 8.48. The van der Waals surface area contributed by atoms with E-state index in [1.807, 2.05) is 0 Å². The van der Waals surface area contributed by atoms with E-state index in [9.17, 15) is 0 Å². The SMILES string of the molecule is CCCCC(COC)(COC)C(C)CCC. The van der Waals surface area contributed by atoms with E-state index < -0.39 is 0 Å². The molecule has 1 unspecified atom stereocenters. The lowest BCUT2D eigenvalue weighted by molar-refractivity contribution is -0.0346. The Morgan fingerprint density at radius 1 is 1.00 bits per heavy atom. The first-order chi connectivity index (χ1) is 7.66. The van der Waals surface area contributed by atoms with E-state index in [2.05, 4.69) is 20.8 Å². The Labute approximate surface area is 102 Å². The molecule has 0 saturated carbocycles. The highest BCUT2D eigenvalue weighted by Gasteiger charge is 2.35. The number of methoxy groups -OCH3 is 2. The van der Waals surface area contributed by atoms with Gasteiger partial charge in [0, 0.05) is 19.6 Å². The highest BCUT2D eigenvalue weighted by molar-refractivity contribution is 4.84. The van der Waals surface area contributed by atoms with Crippen molar-refractivity contribution in [2.75, 3.05) is 27.4 Å². The van der Waals surface area contributed by atoms with Gasteiger partial charge in [0.25, 0.3) is 0 Å². The molecule has 0 aromatic rings. The second kappa shape index (κ2) is 9.00. The molecule has 2 nitrogen and oxygen atoms in total. The third-order valence-electron chi connectivity index (χ3n) is 3.66. The highest BCUT2D eigenvalue weighted by Crippen LogP contribution is 2.37. The van der Waals surface area contributed by atoms with Crippen molar-refractivity contribution in [3.05, 3.63) is 0 Å². The van der Waals surface area contributed by atoms with Gasteiger partial charge in [0.05, 0.1) is 13.2 Å². The number of hydrogen-bond donors (Lipinski definition) is 0. The van der Waals surface area contributed by atoms with Crippen molar-refractivity contribution in [3.8, 4) is 0 Å². The average Bonchev–Trinajstić information content (AvgIpc) is 2.27. The lowest BCUT2D eigenvalue weighted by Crippen LogP contribution is -2.38. The summed E-state index contributed by atoms with van der Waals surface area (Å²) in [5, 5.41) is 0. The standard InChI is InChI=1S/C14H30O2/c1-6-8-10-14(11-15-4,12-16-5)13(3)9-7-2/h13H,6-12H2,1-5H3. The van der Waals surface area contributed by atoms with Gasteiger partial charge in [-0.3, -0.25) is 0 Å². The Balaban J connectivity index is 4.60. The summed E-state index contributed by atoms with van der Waals surface area (Å²) in [5.41, 5.74) is 0.218. The van der Waals surface area contributed by atoms with Crippen molar-refractivity contribution in [3.63, 3.8) is 0 Å². The molecular formula is C14H30O2. The maximum Gasteiger partial charge on any atom is 0.0543 e. The fraction of sp³-hybridized carbons (Fsp3) is 1.00. The smallest absolute Gasteiger partial charge is 0.0543 e. The molecule has 0 amide bonds. The molecule has 0 spiro atoms. The van der Waals surface area contributed by atoms with Crippen molar-refractivity contribution in [2.45, 2.75) is 52.9 Å².